The van der Waals surface area contributed by atoms with Gasteiger partial charge >= 0.3 is 0 Å². The molecular formula is C17H26N4O3S. The topological polar surface area (TPSA) is 81.8 Å². The molecule has 1 amide bonds. The number of rotatable bonds is 4. The third-order valence-electron chi connectivity index (χ3n) is 4.95. The number of hydrogen-bond donors (Lipinski definition) is 2. The molecule has 1 aromatic carbocycles. The van der Waals surface area contributed by atoms with Crippen molar-refractivity contribution in [3.63, 3.8) is 0 Å². The van der Waals surface area contributed by atoms with Gasteiger partial charge in [-0.15, -0.1) is 0 Å². The molecule has 0 aliphatic carbocycles. The molecule has 2 aliphatic rings. The van der Waals surface area contributed by atoms with Crippen molar-refractivity contribution in [1.82, 2.24) is 14.5 Å². The second kappa shape index (κ2) is 7.41. The van der Waals surface area contributed by atoms with Crippen molar-refractivity contribution in [2.24, 2.45) is 0 Å². The molecule has 2 saturated heterocycles. The molecule has 0 spiro atoms. The summed E-state index contributed by atoms with van der Waals surface area (Å²) < 4.78 is 27.6. The van der Waals surface area contributed by atoms with E-state index in [0.717, 1.165) is 38.2 Å². The van der Waals surface area contributed by atoms with Crippen LogP contribution in [0.2, 0.25) is 0 Å². The number of anilines is 1. The third kappa shape index (κ3) is 4.03. The fraction of sp³-hybridized carbons (Fsp3) is 0.588. The lowest BCUT2D eigenvalue weighted by molar-refractivity contribution is -0.114. The van der Waals surface area contributed by atoms with Crippen molar-refractivity contribution in [3.05, 3.63) is 23.8 Å². The zero-order valence-electron chi connectivity index (χ0n) is 14.8. The Labute approximate surface area is 149 Å². The van der Waals surface area contributed by atoms with Gasteiger partial charge < -0.3 is 10.6 Å². The first kappa shape index (κ1) is 18.3. The Balaban J connectivity index is 1.76. The molecule has 7 nitrogen and oxygen atoms in total. The molecular weight excluding hydrogens is 340 g/mol. The molecule has 3 rings (SSSR count). The summed E-state index contributed by atoms with van der Waals surface area (Å²) in [5.74, 6) is -0.211. The fourth-order valence-electron chi connectivity index (χ4n) is 3.51. The first-order valence-electron chi connectivity index (χ1n) is 8.71. The summed E-state index contributed by atoms with van der Waals surface area (Å²) in [5, 5.41) is 6.02. The minimum Gasteiger partial charge on any atom is -0.326 e. The van der Waals surface area contributed by atoms with Crippen molar-refractivity contribution < 1.29 is 13.2 Å². The van der Waals surface area contributed by atoms with Crippen molar-refractivity contribution in [2.75, 3.05) is 44.6 Å². The van der Waals surface area contributed by atoms with E-state index in [1.807, 2.05) is 6.92 Å². The van der Waals surface area contributed by atoms with Crippen LogP contribution in [0, 0.1) is 6.92 Å². The van der Waals surface area contributed by atoms with Gasteiger partial charge in [-0.1, -0.05) is 6.07 Å². The lowest BCUT2D eigenvalue weighted by Gasteiger charge is -2.32. The fourth-order valence-corrected chi connectivity index (χ4v) is 5.03. The molecule has 2 fully saturated rings. The molecule has 138 valence electrons. The van der Waals surface area contributed by atoms with E-state index in [2.05, 4.69) is 15.5 Å². The monoisotopic (exact) mass is 366 g/mol. The highest BCUT2D eigenvalue weighted by Gasteiger charge is 2.35. The van der Waals surface area contributed by atoms with Crippen LogP contribution in [0.15, 0.2) is 23.1 Å². The van der Waals surface area contributed by atoms with Crippen LogP contribution < -0.4 is 10.6 Å². The van der Waals surface area contributed by atoms with E-state index in [0.29, 0.717) is 18.8 Å². The molecule has 8 heteroatoms. The summed E-state index contributed by atoms with van der Waals surface area (Å²) in [4.78, 5) is 13.9. The number of nitrogens with one attached hydrogen (secondary N) is 2. The number of benzene rings is 1. The third-order valence-corrected chi connectivity index (χ3v) is 6.81. The number of aryl methyl sites for hydroxylation is 1. The Bertz CT molecular complexity index is 744. The highest BCUT2D eigenvalue weighted by atomic mass is 32.2. The predicted molar refractivity (Wildman–Crippen MR) is 97.1 cm³/mol. The second-order valence-electron chi connectivity index (χ2n) is 6.75. The summed E-state index contributed by atoms with van der Waals surface area (Å²) in [7, 11) is -3.55. The minimum atomic E-state index is -3.55. The maximum atomic E-state index is 13.0. The average Bonchev–Trinajstić information content (AvgIpc) is 3.08. The van der Waals surface area contributed by atoms with E-state index in [-0.39, 0.29) is 16.8 Å². The second-order valence-corrected chi connectivity index (χ2v) is 8.69. The molecule has 2 heterocycles. The molecule has 0 radical (unpaired) electrons. The lowest BCUT2D eigenvalue weighted by Crippen LogP contribution is -2.49. The summed E-state index contributed by atoms with van der Waals surface area (Å²) in [6.07, 6.45) is 0.865. The van der Waals surface area contributed by atoms with E-state index >= 15 is 0 Å². The molecule has 0 aromatic heterocycles. The van der Waals surface area contributed by atoms with Crippen LogP contribution in [0.25, 0.3) is 0 Å². The molecule has 2 N–H and O–H groups in total. The Morgan fingerprint density at radius 3 is 2.64 bits per heavy atom. The van der Waals surface area contributed by atoms with Gasteiger partial charge in [0.2, 0.25) is 15.9 Å². The Hall–Kier alpha value is -1.48. The van der Waals surface area contributed by atoms with Crippen LogP contribution in [0.4, 0.5) is 5.69 Å². The molecule has 2 aliphatic heterocycles. The first-order chi connectivity index (χ1) is 11.9. The van der Waals surface area contributed by atoms with Crippen LogP contribution >= 0.6 is 0 Å². The maximum absolute atomic E-state index is 13.0. The molecule has 1 atom stereocenters. The summed E-state index contributed by atoms with van der Waals surface area (Å²) >= 11 is 0. The standard InChI is InChI=1S/C17H26N4O3S/c1-13-3-4-16(11-17(13)19-14(2)22)25(23,24)21-8-5-15(12-21)20-9-6-18-7-10-20/h3-4,11,15,18H,5-10,12H2,1-2H3,(H,19,22). The zero-order chi connectivity index (χ0) is 18.0. The normalized spacial score (nSPS) is 22.9. The Morgan fingerprint density at radius 1 is 1.24 bits per heavy atom. The van der Waals surface area contributed by atoms with Gasteiger partial charge in [-0.2, -0.15) is 4.31 Å². The number of carbonyl (C=O) groups excluding carboxylic acids is 1. The van der Waals surface area contributed by atoms with Crippen molar-refractivity contribution in [2.45, 2.75) is 31.2 Å². The number of nitrogens with zero attached hydrogens (tertiary/aromatic N) is 2. The van der Waals surface area contributed by atoms with E-state index in [9.17, 15) is 13.2 Å². The van der Waals surface area contributed by atoms with Crippen LogP contribution in [-0.2, 0) is 14.8 Å². The van der Waals surface area contributed by atoms with E-state index in [1.54, 1.807) is 22.5 Å². The molecule has 25 heavy (non-hydrogen) atoms. The van der Waals surface area contributed by atoms with E-state index in [1.165, 1.54) is 6.92 Å². The van der Waals surface area contributed by atoms with Crippen molar-refractivity contribution >= 4 is 21.6 Å². The minimum absolute atomic E-state index is 0.211. The largest absolute Gasteiger partial charge is 0.326 e. The van der Waals surface area contributed by atoms with Gasteiger partial charge in [0.1, 0.15) is 0 Å². The first-order valence-corrected chi connectivity index (χ1v) is 10.1. The van der Waals surface area contributed by atoms with E-state index < -0.39 is 10.0 Å². The number of hydrogen-bond acceptors (Lipinski definition) is 5. The van der Waals surface area contributed by atoms with Crippen molar-refractivity contribution in [1.29, 1.82) is 0 Å². The van der Waals surface area contributed by atoms with Crippen LogP contribution in [-0.4, -0.2) is 68.8 Å². The van der Waals surface area contributed by atoms with Crippen LogP contribution in [0.3, 0.4) is 0 Å². The Kier molecular flexibility index (Phi) is 5.43. The summed E-state index contributed by atoms with van der Waals surface area (Å²) in [5.41, 5.74) is 1.39. The number of amides is 1. The van der Waals surface area contributed by atoms with Crippen LogP contribution in [0.1, 0.15) is 18.9 Å². The van der Waals surface area contributed by atoms with Gasteiger partial charge in [0.25, 0.3) is 0 Å². The highest BCUT2D eigenvalue weighted by molar-refractivity contribution is 7.89. The maximum Gasteiger partial charge on any atom is 0.243 e. The zero-order valence-corrected chi connectivity index (χ0v) is 15.6. The van der Waals surface area contributed by atoms with Gasteiger partial charge in [0, 0.05) is 57.9 Å². The van der Waals surface area contributed by atoms with Crippen molar-refractivity contribution in [3.8, 4) is 0 Å². The summed E-state index contributed by atoms with van der Waals surface area (Å²) in [6, 6.07) is 5.21. The quantitative estimate of drug-likeness (QED) is 0.817. The predicted octanol–water partition coefficient (Wildman–Crippen LogP) is 0.622. The van der Waals surface area contributed by atoms with Gasteiger partial charge in [0.15, 0.2) is 0 Å². The van der Waals surface area contributed by atoms with Gasteiger partial charge in [-0.3, -0.25) is 9.69 Å². The smallest absolute Gasteiger partial charge is 0.243 e. The lowest BCUT2D eigenvalue weighted by atomic mass is 10.2. The Morgan fingerprint density at radius 2 is 1.96 bits per heavy atom. The van der Waals surface area contributed by atoms with E-state index in [4.69, 9.17) is 0 Å². The van der Waals surface area contributed by atoms with Gasteiger partial charge in [-0.05, 0) is 31.0 Å². The molecule has 1 unspecified atom stereocenters. The SMILES string of the molecule is CC(=O)Nc1cc(S(=O)(=O)N2CCC(N3CCNCC3)C2)ccc1C. The van der Waals surface area contributed by atoms with Gasteiger partial charge in [0.05, 0.1) is 4.90 Å². The number of carbonyl (C=O) groups is 1. The molecule has 0 saturated carbocycles. The molecule has 1 aromatic rings. The highest BCUT2D eigenvalue weighted by Crippen LogP contribution is 2.27. The number of piperazine rings is 1. The van der Waals surface area contributed by atoms with Gasteiger partial charge in [-0.25, -0.2) is 8.42 Å². The summed E-state index contributed by atoms with van der Waals surface area (Å²) in [6.45, 7) is 8.19. The average molecular weight is 366 g/mol. The number of sulfonamides is 1. The van der Waals surface area contributed by atoms with Crippen LogP contribution in [0.5, 0.6) is 0 Å². The molecule has 0 bridgehead atoms.